The van der Waals surface area contributed by atoms with Crippen molar-refractivity contribution in [1.29, 1.82) is 0 Å². The van der Waals surface area contributed by atoms with Crippen molar-refractivity contribution in [3.63, 3.8) is 0 Å². The highest BCUT2D eigenvalue weighted by atomic mass is 35.5. The van der Waals surface area contributed by atoms with E-state index in [1.165, 1.54) is 24.3 Å². The lowest BCUT2D eigenvalue weighted by atomic mass is 10.1. The molecule has 0 saturated heterocycles. The molecule has 0 atom stereocenters. The van der Waals surface area contributed by atoms with Crippen molar-refractivity contribution >= 4 is 34.9 Å². The third-order valence-electron chi connectivity index (χ3n) is 3.61. The number of ether oxygens (including phenoxy) is 2. The van der Waals surface area contributed by atoms with Crippen LogP contribution < -0.4 is 10.1 Å². The van der Waals surface area contributed by atoms with Crippen molar-refractivity contribution in [2.75, 3.05) is 18.5 Å². The highest BCUT2D eigenvalue weighted by Crippen LogP contribution is 2.35. The van der Waals surface area contributed by atoms with Gasteiger partial charge in [0.15, 0.2) is 18.1 Å². The average Bonchev–Trinajstić information content (AvgIpc) is 2.64. The molecule has 0 unspecified atom stereocenters. The number of anilines is 1. The highest BCUT2D eigenvalue weighted by molar-refractivity contribution is 6.32. The summed E-state index contributed by atoms with van der Waals surface area (Å²) in [6.07, 6.45) is 0. The van der Waals surface area contributed by atoms with Crippen LogP contribution in [0.15, 0.2) is 30.3 Å². The minimum absolute atomic E-state index is 0.00179. The number of aryl methyl sites for hydroxylation is 1. The number of carbonyl (C=O) groups is 2. The predicted octanol–water partition coefficient (Wildman–Crippen LogP) is 3.46. The van der Waals surface area contributed by atoms with E-state index in [1.54, 1.807) is 19.9 Å². The number of carbonyl (C=O) groups excluding carboxylic acids is 2. The Hall–Kier alpha value is -3.33. The van der Waals surface area contributed by atoms with Gasteiger partial charge < -0.3 is 19.9 Å². The van der Waals surface area contributed by atoms with Crippen LogP contribution in [0.4, 0.5) is 11.4 Å². The van der Waals surface area contributed by atoms with E-state index >= 15 is 0 Å². The second kappa shape index (κ2) is 9.05. The maximum absolute atomic E-state index is 12.2. The number of phenols is 1. The molecule has 0 spiro atoms. The van der Waals surface area contributed by atoms with Gasteiger partial charge in [-0.2, -0.15) is 0 Å². The Morgan fingerprint density at radius 2 is 2.04 bits per heavy atom. The fraction of sp³-hybridized carbons (Fsp3) is 0.222. The van der Waals surface area contributed by atoms with E-state index in [0.29, 0.717) is 5.56 Å². The van der Waals surface area contributed by atoms with E-state index in [9.17, 15) is 24.8 Å². The van der Waals surface area contributed by atoms with E-state index < -0.39 is 23.4 Å². The molecular formula is C18H17ClN2O7. The van der Waals surface area contributed by atoms with Crippen LogP contribution in [0.2, 0.25) is 5.02 Å². The second-order valence-corrected chi connectivity index (χ2v) is 6.00. The summed E-state index contributed by atoms with van der Waals surface area (Å²) >= 11 is 5.85. The number of halogens is 1. The summed E-state index contributed by atoms with van der Waals surface area (Å²) in [5, 5.41) is 23.1. The van der Waals surface area contributed by atoms with Crippen LogP contribution in [0.1, 0.15) is 22.8 Å². The van der Waals surface area contributed by atoms with Crippen molar-refractivity contribution in [1.82, 2.24) is 0 Å². The number of hydrogen-bond acceptors (Lipinski definition) is 7. The summed E-state index contributed by atoms with van der Waals surface area (Å²) in [6, 6.07) is 6.75. The predicted molar refractivity (Wildman–Crippen MR) is 101 cm³/mol. The number of rotatable bonds is 7. The molecule has 0 fully saturated rings. The Morgan fingerprint density at radius 3 is 2.68 bits per heavy atom. The molecule has 148 valence electrons. The van der Waals surface area contributed by atoms with E-state index in [-0.39, 0.29) is 40.1 Å². The van der Waals surface area contributed by atoms with E-state index in [4.69, 9.17) is 21.1 Å². The Labute approximate surface area is 165 Å². The molecule has 2 aromatic rings. The van der Waals surface area contributed by atoms with Gasteiger partial charge >= 0.3 is 5.97 Å². The van der Waals surface area contributed by atoms with Gasteiger partial charge in [0.1, 0.15) is 5.69 Å². The monoisotopic (exact) mass is 408 g/mol. The third kappa shape index (κ3) is 4.89. The first-order valence-electron chi connectivity index (χ1n) is 8.10. The molecule has 0 aliphatic carbocycles. The molecule has 2 rings (SSSR count). The quantitative estimate of drug-likeness (QED) is 0.407. The van der Waals surface area contributed by atoms with Gasteiger partial charge in [0.25, 0.3) is 11.6 Å². The van der Waals surface area contributed by atoms with Crippen LogP contribution in [0.5, 0.6) is 11.5 Å². The highest BCUT2D eigenvalue weighted by Gasteiger charge is 2.20. The fourth-order valence-corrected chi connectivity index (χ4v) is 2.52. The van der Waals surface area contributed by atoms with E-state index in [0.717, 1.165) is 0 Å². The van der Waals surface area contributed by atoms with Gasteiger partial charge in [-0.05, 0) is 31.5 Å². The summed E-state index contributed by atoms with van der Waals surface area (Å²) in [6.45, 7) is 2.85. The van der Waals surface area contributed by atoms with Gasteiger partial charge in [-0.1, -0.05) is 23.7 Å². The second-order valence-electron chi connectivity index (χ2n) is 5.59. The molecule has 0 radical (unpaired) electrons. The van der Waals surface area contributed by atoms with Crippen LogP contribution in [0.3, 0.4) is 0 Å². The van der Waals surface area contributed by atoms with Crippen LogP contribution in [0, 0.1) is 17.0 Å². The number of nitrogens with zero attached hydrogens (tertiary/aromatic N) is 1. The molecule has 2 aromatic carbocycles. The number of benzene rings is 2. The maximum Gasteiger partial charge on any atom is 0.338 e. The van der Waals surface area contributed by atoms with Crippen LogP contribution in [-0.2, 0) is 9.53 Å². The molecule has 28 heavy (non-hydrogen) atoms. The zero-order valence-electron chi connectivity index (χ0n) is 15.0. The standard InChI is InChI=1S/C18H17ClN2O7/c1-3-27-14-8-11(7-12(19)17(14)23)18(24)28-9-15(22)20-16-10(2)5-4-6-13(16)21(25)26/h4-8,23H,3,9H2,1-2H3,(H,20,22). The van der Waals surface area contributed by atoms with Gasteiger partial charge in [0.05, 0.1) is 22.1 Å². The van der Waals surface area contributed by atoms with Crippen molar-refractivity contribution in [2.45, 2.75) is 13.8 Å². The van der Waals surface area contributed by atoms with E-state index in [1.807, 2.05) is 0 Å². The molecule has 1 amide bonds. The van der Waals surface area contributed by atoms with Crippen molar-refractivity contribution in [3.8, 4) is 11.5 Å². The first kappa shape index (κ1) is 21.0. The first-order chi connectivity index (χ1) is 13.2. The lowest BCUT2D eigenvalue weighted by Crippen LogP contribution is -2.22. The molecule has 0 aromatic heterocycles. The lowest BCUT2D eigenvalue weighted by molar-refractivity contribution is -0.384. The van der Waals surface area contributed by atoms with Crippen LogP contribution in [0.25, 0.3) is 0 Å². The van der Waals surface area contributed by atoms with E-state index in [2.05, 4.69) is 5.32 Å². The third-order valence-corrected chi connectivity index (χ3v) is 3.90. The Balaban J connectivity index is 2.08. The Bertz CT molecular complexity index is 930. The SMILES string of the molecule is CCOc1cc(C(=O)OCC(=O)Nc2c(C)cccc2[N+](=O)[O-])cc(Cl)c1O. The zero-order chi connectivity index (χ0) is 20.8. The van der Waals surface area contributed by atoms with Gasteiger partial charge in [-0.3, -0.25) is 14.9 Å². The normalized spacial score (nSPS) is 10.2. The summed E-state index contributed by atoms with van der Waals surface area (Å²) in [4.78, 5) is 34.7. The minimum atomic E-state index is -0.878. The number of hydrogen-bond donors (Lipinski definition) is 2. The average molecular weight is 409 g/mol. The van der Waals surface area contributed by atoms with Crippen molar-refractivity contribution in [3.05, 3.63) is 56.6 Å². The number of para-hydroxylation sites is 1. The smallest absolute Gasteiger partial charge is 0.338 e. The van der Waals surface area contributed by atoms with Gasteiger partial charge in [0, 0.05) is 6.07 Å². The minimum Gasteiger partial charge on any atom is -0.503 e. The topological polar surface area (TPSA) is 128 Å². The fourth-order valence-electron chi connectivity index (χ4n) is 2.31. The van der Waals surface area contributed by atoms with Gasteiger partial charge in [-0.25, -0.2) is 4.79 Å². The molecule has 10 heteroatoms. The summed E-state index contributed by atoms with van der Waals surface area (Å²) < 4.78 is 10.1. The maximum atomic E-state index is 12.2. The molecule has 9 nitrogen and oxygen atoms in total. The summed E-state index contributed by atoms with van der Waals surface area (Å²) in [5.41, 5.74) is 0.215. The number of nitrogens with one attached hydrogen (secondary N) is 1. The Kier molecular flexibility index (Phi) is 6.78. The zero-order valence-corrected chi connectivity index (χ0v) is 15.8. The number of phenolic OH excluding ortho intramolecular Hbond substituents is 1. The van der Waals surface area contributed by atoms with Crippen molar-refractivity contribution in [2.24, 2.45) is 0 Å². The molecule has 0 saturated carbocycles. The first-order valence-corrected chi connectivity index (χ1v) is 8.48. The largest absolute Gasteiger partial charge is 0.503 e. The molecule has 0 bridgehead atoms. The molecule has 0 aliphatic heterocycles. The Morgan fingerprint density at radius 1 is 1.32 bits per heavy atom. The van der Waals surface area contributed by atoms with Crippen molar-refractivity contribution < 1.29 is 29.1 Å². The number of esters is 1. The number of nitro groups is 1. The molecular weight excluding hydrogens is 392 g/mol. The number of amides is 1. The van der Waals surface area contributed by atoms with Crippen LogP contribution >= 0.6 is 11.6 Å². The number of aromatic hydroxyl groups is 1. The summed E-state index contributed by atoms with van der Waals surface area (Å²) in [7, 11) is 0. The summed E-state index contributed by atoms with van der Waals surface area (Å²) in [5.74, 6) is -1.94. The van der Waals surface area contributed by atoms with Gasteiger partial charge in [-0.15, -0.1) is 0 Å². The molecule has 0 aliphatic rings. The molecule has 0 heterocycles. The number of nitro benzene ring substituents is 1. The molecule has 2 N–H and O–H groups in total. The van der Waals surface area contributed by atoms with Crippen LogP contribution in [-0.4, -0.2) is 35.1 Å². The lowest BCUT2D eigenvalue weighted by Gasteiger charge is -2.11. The van der Waals surface area contributed by atoms with Gasteiger partial charge in [0.2, 0.25) is 0 Å².